The van der Waals surface area contributed by atoms with Crippen LogP contribution in [0.2, 0.25) is 0 Å². The quantitative estimate of drug-likeness (QED) is 0.787. The first-order valence-corrected chi connectivity index (χ1v) is 5.83. The fraction of sp³-hybridized carbons (Fsp3) is 0.875. The predicted octanol–water partition coefficient (Wildman–Crippen LogP) is 0.859. The van der Waals surface area contributed by atoms with Crippen molar-refractivity contribution in [2.24, 2.45) is 5.92 Å². The number of hydrogen-bond donors (Lipinski definition) is 1. The third kappa shape index (κ3) is 1.42. The molecule has 6 heteroatoms. The van der Waals surface area contributed by atoms with Gasteiger partial charge in [-0.1, -0.05) is 11.8 Å². The molecule has 0 unspecified atom stereocenters. The highest BCUT2D eigenvalue weighted by Gasteiger charge is 2.41. The van der Waals surface area contributed by atoms with Crippen LogP contribution in [0.5, 0.6) is 0 Å². The van der Waals surface area contributed by atoms with E-state index in [0.717, 1.165) is 17.7 Å². The summed E-state index contributed by atoms with van der Waals surface area (Å²) < 4.78 is 5.73. The third-order valence-electron chi connectivity index (χ3n) is 3.03. The number of nitrogens with one attached hydrogen (secondary N) is 1. The van der Waals surface area contributed by atoms with E-state index < -0.39 is 0 Å². The molecule has 5 nitrogen and oxygen atoms in total. The van der Waals surface area contributed by atoms with Crippen LogP contribution in [-0.4, -0.2) is 38.6 Å². The van der Waals surface area contributed by atoms with E-state index in [1.165, 1.54) is 19.3 Å². The van der Waals surface area contributed by atoms with E-state index in [1.54, 1.807) is 11.8 Å². The smallest absolute Gasteiger partial charge is 0.231 e. The summed E-state index contributed by atoms with van der Waals surface area (Å²) in [5, 5.41) is 15.2. The average molecular weight is 212 g/mol. The van der Waals surface area contributed by atoms with Gasteiger partial charge in [-0.05, 0) is 30.4 Å². The molecule has 2 aliphatic rings. The molecule has 1 aliphatic heterocycles. The van der Waals surface area contributed by atoms with Crippen LogP contribution in [0.4, 0.5) is 0 Å². The lowest BCUT2D eigenvalue weighted by atomic mass is 10.1. The minimum atomic E-state index is 0.429. The summed E-state index contributed by atoms with van der Waals surface area (Å²) >= 11 is 1.69. The van der Waals surface area contributed by atoms with Crippen LogP contribution in [0.15, 0.2) is 5.16 Å². The molecule has 14 heavy (non-hydrogen) atoms. The Hall–Kier alpha value is -0.620. The molecule has 0 spiro atoms. The van der Waals surface area contributed by atoms with Gasteiger partial charge in [0.15, 0.2) is 0 Å². The van der Waals surface area contributed by atoms with E-state index in [9.17, 15) is 0 Å². The molecule has 3 atom stereocenters. The Kier molecular flexibility index (Phi) is 2.17. The van der Waals surface area contributed by atoms with Crippen LogP contribution in [0.3, 0.4) is 0 Å². The Bertz CT molecular complexity index is 304. The van der Waals surface area contributed by atoms with Gasteiger partial charge in [-0.2, -0.15) is 5.21 Å². The first kappa shape index (κ1) is 8.67. The summed E-state index contributed by atoms with van der Waals surface area (Å²) in [4.78, 5) is 0. The minimum absolute atomic E-state index is 0.429. The maximum absolute atomic E-state index is 5.73. The van der Waals surface area contributed by atoms with Gasteiger partial charge in [0.2, 0.25) is 5.16 Å². The fourth-order valence-electron chi connectivity index (χ4n) is 2.38. The molecule has 0 bridgehead atoms. The molecule has 2 fully saturated rings. The Morgan fingerprint density at radius 1 is 1.36 bits per heavy atom. The third-order valence-corrected chi connectivity index (χ3v) is 4.23. The van der Waals surface area contributed by atoms with E-state index >= 15 is 0 Å². The van der Waals surface area contributed by atoms with Crippen molar-refractivity contribution in [3.8, 4) is 0 Å². The number of H-pyrrole nitrogens is 1. The van der Waals surface area contributed by atoms with E-state index in [0.29, 0.717) is 11.4 Å². The van der Waals surface area contributed by atoms with Crippen LogP contribution >= 0.6 is 11.8 Å². The van der Waals surface area contributed by atoms with E-state index in [-0.39, 0.29) is 0 Å². The standard InChI is InChI=1S/C8H12N4OS/c1-2-6(7-5(1)3-4-13-7)14-8-9-11-12-10-8/h5-7H,1-4H2,(H,9,10,11,12)/t5-,6-,7+/m0/s1. The lowest BCUT2D eigenvalue weighted by Gasteiger charge is -2.15. The molecule has 1 saturated carbocycles. The van der Waals surface area contributed by atoms with Crippen molar-refractivity contribution in [3.05, 3.63) is 0 Å². The van der Waals surface area contributed by atoms with Crippen molar-refractivity contribution < 1.29 is 4.74 Å². The zero-order valence-corrected chi connectivity index (χ0v) is 8.54. The summed E-state index contributed by atoms with van der Waals surface area (Å²) in [6.45, 7) is 0.929. The van der Waals surface area contributed by atoms with Crippen LogP contribution in [0, 0.1) is 5.92 Å². The van der Waals surface area contributed by atoms with Gasteiger partial charge >= 0.3 is 0 Å². The van der Waals surface area contributed by atoms with E-state index in [1.807, 2.05) is 0 Å². The second-order valence-electron chi connectivity index (χ2n) is 3.81. The number of aromatic amines is 1. The maximum atomic E-state index is 5.73. The number of nitrogens with zero attached hydrogens (tertiary/aromatic N) is 3. The average Bonchev–Trinajstić information content (AvgIpc) is 2.85. The van der Waals surface area contributed by atoms with Crippen molar-refractivity contribution >= 4 is 11.8 Å². The fourth-order valence-corrected chi connectivity index (χ4v) is 3.52. The monoisotopic (exact) mass is 212 g/mol. The first-order chi connectivity index (χ1) is 6.93. The van der Waals surface area contributed by atoms with Crippen molar-refractivity contribution in [1.82, 2.24) is 20.6 Å². The Morgan fingerprint density at radius 3 is 3.21 bits per heavy atom. The van der Waals surface area contributed by atoms with Crippen molar-refractivity contribution in [1.29, 1.82) is 0 Å². The normalized spacial score (nSPS) is 36.1. The Balaban J connectivity index is 1.68. The van der Waals surface area contributed by atoms with Crippen LogP contribution in [0.1, 0.15) is 19.3 Å². The number of aromatic nitrogens is 4. The van der Waals surface area contributed by atoms with Crippen molar-refractivity contribution in [2.45, 2.75) is 35.8 Å². The number of thioether (sulfide) groups is 1. The molecule has 0 aromatic carbocycles. The molecular weight excluding hydrogens is 200 g/mol. The van der Waals surface area contributed by atoms with Crippen molar-refractivity contribution in [3.63, 3.8) is 0 Å². The van der Waals surface area contributed by atoms with Gasteiger partial charge in [-0.15, -0.1) is 10.2 Å². The number of fused-ring (bicyclic) bond motifs is 1. The minimum Gasteiger partial charge on any atom is -0.377 e. The molecule has 1 aliphatic carbocycles. The van der Waals surface area contributed by atoms with E-state index in [4.69, 9.17) is 4.74 Å². The lowest BCUT2D eigenvalue weighted by Crippen LogP contribution is -2.20. The molecule has 1 saturated heterocycles. The summed E-state index contributed by atoms with van der Waals surface area (Å²) in [6, 6.07) is 0. The van der Waals surface area contributed by atoms with Crippen molar-refractivity contribution in [2.75, 3.05) is 6.61 Å². The first-order valence-electron chi connectivity index (χ1n) is 4.95. The predicted molar refractivity (Wildman–Crippen MR) is 50.9 cm³/mol. The van der Waals surface area contributed by atoms with Gasteiger partial charge in [0.25, 0.3) is 0 Å². The molecule has 0 radical (unpaired) electrons. The van der Waals surface area contributed by atoms with Crippen LogP contribution in [0.25, 0.3) is 0 Å². The van der Waals surface area contributed by atoms with Gasteiger partial charge in [-0.25, -0.2) is 0 Å². The van der Waals surface area contributed by atoms with Gasteiger partial charge in [0, 0.05) is 11.9 Å². The van der Waals surface area contributed by atoms with Gasteiger partial charge < -0.3 is 4.74 Å². The highest BCUT2D eigenvalue weighted by atomic mass is 32.2. The SMILES string of the molecule is C1C[C@@H]2CC[C@H](Sc3nn[nH]n3)[C@@H]2O1. The maximum Gasteiger partial charge on any atom is 0.231 e. The molecule has 76 valence electrons. The van der Waals surface area contributed by atoms with Gasteiger partial charge in [0.05, 0.1) is 6.10 Å². The molecule has 0 amide bonds. The highest BCUT2D eigenvalue weighted by Crippen LogP contribution is 2.43. The Labute approximate surface area is 86.0 Å². The zero-order chi connectivity index (χ0) is 9.38. The van der Waals surface area contributed by atoms with Gasteiger partial charge in [0.1, 0.15) is 0 Å². The van der Waals surface area contributed by atoms with Gasteiger partial charge in [-0.3, -0.25) is 0 Å². The second kappa shape index (κ2) is 3.51. The summed E-state index contributed by atoms with van der Waals surface area (Å²) in [5.74, 6) is 0.777. The van der Waals surface area contributed by atoms with Crippen LogP contribution < -0.4 is 0 Å². The number of hydrogen-bond acceptors (Lipinski definition) is 5. The number of rotatable bonds is 2. The summed E-state index contributed by atoms with van der Waals surface area (Å²) in [6.07, 6.45) is 4.17. The second-order valence-corrected chi connectivity index (χ2v) is 5.02. The largest absolute Gasteiger partial charge is 0.377 e. The topological polar surface area (TPSA) is 63.7 Å². The summed E-state index contributed by atoms with van der Waals surface area (Å²) in [7, 11) is 0. The lowest BCUT2D eigenvalue weighted by molar-refractivity contribution is 0.106. The molecule has 1 aromatic rings. The molecule has 2 heterocycles. The number of ether oxygens (including phenoxy) is 1. The molecule has 1 aromatic heterocycles. The molecule has 3 rings (SSSR count). The zero-order valence-electron chi connectivity index (χ0n) is 7.72. The Morgan fingerprint density at radius 2 is 2.36 bits per heavy atom. The number of tetrazole rings is 1. The summed E-state index contributed by atoms with van der Waals surface area (Å²) in [5.41, 5.74) is 0. The van der Waals surface area contributed by atoms with E-state index in [2.05, 4.69) is 20.6 Å². The van der Waals surface area contributed by atoms with Crippen LogP contribution in [-0.2, 0) is 4.74 Å². The highest BCUT2D eigenvalue weighted by molar-refractivity contribution is 7.99. The molecule has 1 N–H and O–H groups in total. The molecular formula is C8H12N4OS.